The zero-order valence-corrected chi connectivity index (χ0v) is 12.7. The minimum atomic E-state index is 0.145. The van der Waals surface area contributed by atoms with Crippen LogP contribution in [0.2, 0.25) is 0 Å². The van der Waals surface area contributed by atoms with E-state index in [9.17, 15) is 0 Å². The average molecular weight is 311 g/mol. The van der Waals surface area contributed by atoms with Gasteiger partial charge in [-0.1, -0.05) is 12.1 Å². The molecule has 7 heteroatoms. The van der Waals surface area contributed by atoms with Crippen LogP contribution in [0.3, 0.4) is 0 Å². The van der Waals surface area contributed by atoms with Gasteiger partial charge in [-0.2, -0.15) is 4.98 Å². The van der Waals surface area contributed by atoms with Crippen LogP contribution in [0.25, 0.3) is 22.3 Å². The van der Waals surface area contributed by atoms with E-state index in [-0.39, 0.29) is 5.95 Å². The van der Waals surface area contributed by atoms with E-state index in [1.54, 1.807) is 7.11 Å². The molecule has 0 aliphatic carbocycles. The first kappa shape index (κ1) is 15.0. The van der Waals surface area contributed by atoms with Crippen LogP contribution in [0.15, 0.2) is 36.4 Å². The number of methoxy groups -OCH3 is 1. The van der Waals surface area contributed by atoms with Gasteiger partial charge < -0.3 is 20.9 Å². The third-order valence-electron chi connectivity index (χ3n) is 3.26. The van der Waals surface area contributed by atoms with Crippen molar-refractivity contribution < 1.29 is 9.47 Å². The summed E-state index contributed by atoms with van der Waals surface area (Å²) in [6.07, 6.45) is 0. The van der Waals surface area contributed by atoms with Gasteiger partial charge in [0.2, 0.25) is 11.8 Å². The number of hydrogen-bond acceptors (Lipinski definition) is 7. The van der Waals surface area contributed by atoms with E-state index in [0.717, 1.165) is 11.3 Å². The number of anilines is 2. The molecule has 2 aromatic heterocycles. The SMILES string of the molecule is COCCOc1nc(N)nc2ccc(-c3ccc(N)cc3)nc12. The molecule has 0 atom stereocenters. The van der Waals surface area contributed by atoms with E-state index in [1.165, 1.54) is 0 Å². The molecule has 0 radical (unpaired) electrons. The van der Waals surface area contributed by atoms with Gasteiger partial charge in [0.05, 0.1) is 17.8 Å². The van der Waals surface area contributed by atoms with Crippen molar-refractivity contribution in [3.63, 3.8) is 0 Å². The summed E-state index contributed by atoms with van der Waals surface area (Å²) in [7, 11) is 1.60. The Morgan fingerprint density at radius 2 is 1.70 bits per heavy atom. The molecule has 7 nitrogen and oxygen atoms in total. The van der Waals surface area contributed by atoms with E-state index >= 15 is 0 Å². The maximum Gasteiger partial charge on any atom is 0.245 e. The van der Waals surface area contributed by atoms with Crippen molar-refractivity contribution in [2.45, 2.75) is 0 Å². The maximum absolute atomic E-state index is 5.72. The number of nitrogen functional groups attached to an aromatic ring is 2. The summed E-state index contributed by atoms with van der Waals surface area (Å²) in [4.78, 5) is 12.9. The zero-order chi connectivity index (χ0) is 16.2. The topological polar surface area (TPSA) is 109 Å². The third kappa shape index (κ3) is 3.29. The number of hydrogen-bond donors (Lipinski definition) is 2. The Kier molecular flexibility index (Phi) is 4.20. The third-order valence-corrected chi connectivity index (χ3v) is 3.26. The summed E-state index contributed by atoms with van der Waals surface area (Å²) in [5.74, 6) is 0.494. The molecule has 0 spiro atoms. The van der Waals surface area contributed by atoms with Gasteiger partial charge in [0.1, 0.15) is 6.61 Å². The smallest absolute Gasteiger partial charge is 0.245 e. The lowest BCUT2D eigenvalue weighted by atomic mass is 10.1. The van der Waals surface area contributed by atoms with Crippen LogP contribution >= 0.6 is 0 Å². The number of ether oxygens (including phenoxy) is 2. The van der Waals surface area contributed by atoms with Gasteiger partial charge in [0.25, 0.3) is 0 Å². The van der Waals surface area contributed by atoms with E-state index < -0.39 is 0 Å². The van der Waals surface area contributed by atoms with Crippen LogP contribution < -0.4 is 16.2 Å². The van der Waals surface area contributed by atoms with Gasteiger partial charge in [-0.25, -0.2) is 9.97 Å². The molecule has 4 N–H and O–H groups in total. The second-order valence-corrected chi connectivity index (χ2v) is 4.91. The Morgan fingerprint density at radius 3 is 2.43 bits per heavy atom. The first-order chi connectivity index (χ1) is 11.2. The van der Waals surface area contributed by atoms with Crippen molar-refractivity contribution >= 4 is 22.7 Å². The highest BCUT2D eigenvalue weighted by molar-refractivity contribution is 5.83. The molecule has 0 aliphatic rings. The van der Waals surface area contributed by atoms with Gasteiger partial charge in [0, 0.05) is 18.4 Å². The molecular formula is C16H17N5O2. The van der Waals surface area contributed by atoms with Gasteiger partial charge >= 0.3 is 0 Å². The summed E-state index contributed by atoms with van der Waals surface area (Å²) >= 11 is 0. The molecule has 3 rings (SSSR count). The van der Waals surface area contributed by atoms with Crippen LogP contribution in [0.1, 0.15) is 0 Å². The Labute approximate surface area is 133 Å². The standard InChI is InChI=1S/C16H17N5O2/c1-22-8-9-23-15-14-13(20-16(18)21-15)7-6-12(19-14)10-2-4-11(17)5-3-10/h2-7H,8-9,17H2,1H3,(H2,18,20,21). The fraction of sp³-hybridized carbons (Fsp3) is 0.188. The number of pyridine rings is 1. The molecule has 2 heterocycles. The van der Waals surface area contributed by atoms with Crippen LogP contribution in [-0.4, -0.2) is 35.3 Å². The number of aromatic nitrogens is 3. The quantitative estimate of drug-likeness (QED) is 0.547. The van der Waals surface area contributed by atoms with Crippen molar-refractivity contribution in [1.29, 1.82) is 0 Å². The highest BCUT2D eigenvalue weighted by Crippen LogP contribution is 2.26. The Balaban J connectivity index is 2.04. The van der Waals surface area contributed by atoms with E-state index in [4.69, 9.17) is 20.9 Å². The number of nitrogens with two attached hydrogens (primary N) is 2. The molecule has 23 heavy (non-hydrogen) atoms. The Bertz CT molecular complexity index is 821. The van der Waals surface area contributed by atoms with Gasteiger partial charge in [-0.15, -0.1) is 0 Å². The molecule has 0 saturated heterocycles. The van der Waals surface area contributed by atoms with Crippen molar-refractivity contribution in [2.75, 3.05) is 31.8 Å². The minimum absolute atomic E-state index is 0.145. The van der Waals surface area contributed by atoms with Crippen LogP contribution in [0.5, 0.6) is 5.88 Å². The lowest BCUT2D eigenvalue weighted by molar-refractivity contribution is 0.144. The molecule has 0 saturated carbocycles. The van der Waals surface area contributed by atoms with Crippen LogP contribution in [0, 0.1) is 0 Å². The summed E-state index contributed by atoms with van der Waals surface area (Å²) in [6.45, 7) is 0.804. The number of fused-ring (bicyclic) bond motifs is 1. The predicted molar refractivity (Wildman–Crippen MR) is 89.0 cm³/mol. The van der Waals surface area contributed by atoms with Crippen LogP contribution in [0.4, 0.5) is 11.6 Å². The highest BCUT2D eigenvalue weighted by Gasteiger charge is 2.11. The lowest BCUT2D eigenvalue weighted by Gasteiger charge is -2.09. The lowest BCUT2D eigenvalue weighted by Crippen LogP contribution is -2.08. The monoisotopic (exact) mass is 311 g/mol. The molecule has 3 aromatic rings. The molecule has 0 aliphatic heterocycles. The molecular weight excluding hydrogens is 294 g/mol. The zero-order valence-electron chi connectivity index (χ0n) is 12.7. The summed E-state index contributed by atoms with van der Waals surface area (Å²) in [5, 5.41) is 0. The molecule has 1 aromatic carbocycles. The van der Waals surface area contributed by atoms with Crippen LogP contribution in [-0.2, 0) is 4.74 Å². The number of nitrogens with zero attached hydrogens (tertiary/aromatic N) is 3. The Hall–Kier alpha value is -2.93. The second-order valence-electron chi connectivity index (χ2n) is 4.91. The normalized spacial score (nSPS) is 10.8. The van der Waals surface area contributed by atoms with Crippen molar-refractivity contribution in [3.05, 3.63) is 36.4 Å². The Morgan fingerprint density at radius 1 is 0.913 bits per heavy atom. The van der Waals surface area contributed by atoms with Gasteiger partial charge in [-0.05, 0) is 24.3 Å². The summed E-state index contributed by atoms with van der Waals surface area (Å²) in [6, 6.07) is 11.2. The van der Waals surface area contributed by atoms with Crippen molar-refractivity contribution in [3.8, 4) is 17.1 Å². The summed E-state index contributed by atoms with van der Waals surface area (Å²) < 4.78 is 10.6. The largest absolute Gasteiger partial charge is 0.474 e. The molecule has 0 bridgehead atoms. The first-order valence-corrected chi connectivity index (χ1v) is 7.09. The highest BCUT2D eigenvalue weighted by atomic mass is 16.5. The van der Waals surface area contributed by atoms with E-state index in [1.807, 2.05) is 36.4 Å². The van der Waals surface area contributed by atoms with E-state index in [0.29, 0.717) is 35.8 Å². The number of rotatable bonds is 5. The predicted octanol–water partition coefficient (Wildman–Crippen LogP) is 1.88. The fourth-order valence-electron chi connectivity index (χ4n) is 2.14. The molecule has 0 unspecified atom stereocenters. The molecule has 118 valence electrons. The van der Waals surface area contributed by atoms with Crippen molar-refractivity contribution in [2.24, 2.45) is 0 Å². The van der Waals surface area contributed by atoms with E-state index in [2.05, 4.69) is 15.0 Å². The summed E-state index contributed by atoms with van der Waals surface area (Å²) in [5.41, 5.74) is 15.1. The molecule has 0 fully saturated rings. The number of benzene rings is 1. The average Bonchev–Trinajstić information content (AvgIpc) is 2.55. The first-order valence-electron chi connectivity index (χ1n) is 7.09. The fourth-order valence-corrected chi connectivity index (χ4v) is 2.14. The van der Waals surface area contributed by atoms with Crippen molar-refractivity contribution in [1.82, 2.24) is 15.0 Å². The second kappa shape index (κ2) is 6.45. The maximum atomic E-state index is 5.72. The van der Waals surface area contributed by atoms with Gasteiger partial charge in [-0.3, -0.25) is 0 Å². The molecule has 0 amide bonds. The van der Waals surface area contributed by atoms with Gasteiger partial charge in [0.15, 0.2) is 5.52 Å². The minimum Gasteiger partial charge on any atom is -0.474 e.